The largest absolute Gasteiger partial charge is 0.358 e. The van der Waals surface area contributed by atoms with E-state index in [1.54, 1.807) is 12.1 Å². The van der Waals surface area contributed by atoms with Gasteiger partial charge in [-0.1, -0.05) is 0 Å². The number of nitrogens with one attached hydrogen (secondary N) is 3. The molecule has 29 heavy (non-hydrogen) atoms. The lowest BCUT2D eigenvalue weighted by atomic mass is 9.91. The summed E-state index contributed by atoms with van der Waals surface area (Å²) in [5.41, 5.74) is 10.2. The molecule has 1 aromatic heterocycles. The number of amides is 2. The molecule has 4 rings (SSSR count). The molecule has 0 bridgehead atoms. The molecule has 1 aromatic carbocycles. The van der Waals surface area contributed by atoms with E-state index in [9.17, 15) is 14.0 Å². The lowest BCUT2D eigenvalue weighted by Gasteiger charge is -2.26. The summed E-state index contributed by atoms with van der Waals surface area (Å²) in [6.07, 6.45) is 5.28. The molecule has 1 aliphatic carbocycles. The number of aryl methyl sites for hydroxylation is 1. The van der Waals surface area contributed by atoms with Crippen molar-refractivity contribution in [2.24, 2.45) is 5.73 Å². The quantitative estimate of drug-likeness (QED) is 0.599. The first-order valence-electron chi connectivity index (χ1n) is 9.92. The first-order valence-corrected chi connectivity index (χ1v) is 9.92. The highest BCUT2D eigenvalue weighted by atomic mass is 19.1. The lowest BCUT2D eigenvalue weighted by molar-refractivity contribution is -0.110. The molecule has 152 valence electrons. The van der Waals surface area contributed by atoms with E-state index in [0.717, 1.165) is 36.9 Å². The number of aromatic nitrogens is 1. The highest BCUT2D eigenvalue weighted by Gasteiger charge is 2.27. The molecule has 0 spiro atoms. The van der Waals surface area contributed by atoms with E-state index in [0.29, 0.717) is 28.1 Å². The van der Waals surface area contributed by atoms with E-state index < -0.39 is 5.82 Å². The second kappa shape index (κ2) is 7.48. The molecule has 0 saturated heterocycles. The number of hydrogen-bond donors (Lipinski definition) is 4. The summed E-state index contributed by atoms with van der Waals surface area (Å²) in [7, 11) is 0. The van der Waals surface area contributed by atoms with Gasteiger partial charge in [-0.25, -0.2) is 4.39 Å². The number of H-pyrrole nitrogens is 1. The standard InChI is InChI=1S/C22H25FN4O2/c1-11-19(10-17-16-9-13(23)3-8-18(16)27-21(17)28)25-12(2)20(11)22(29)26-15-6-4-14(24)5-7-15/h3,8-10,14-15,25H,4-7,24H2,1-2H3,(H,26,29)(H,27,28)/b17-10-. The second-order valence-corrected chi connectivity index (χ2v) is 7.95. The van der Waals surface area contributed by atoms with Gasteiger partial charge < -0.3 is 21.4 Å². The maximum atomic E-state index is 13.7. The Kier molecular flexibility index (Phi) is 5.00. The molecule has 2 aromatic rings. The van der Waals surface area contributed by atoms with Crippen LogP contribution in [0.3, 0.4) is 0 Å². The van der Waals surface area contributed by atoms with Crippen molar-refractivity contribution < 1.29 is 14.0 Å². The van der Waals surface area contributed by atoms with E-state index >= 15 is 0 Å². The van der Waals surface area contributed by atoms with Crippen LogP contribution in [-0.4, -0.2) is 28.9 Å². The van der Waals surface area contributed by atoms with E-state index in [1.807, 2.05) is 13.8 Å². The van der Waals surface area contributed by atoms with Gasteiger partial charge in [-0.3, -0.25) is 9.59 Å². The first kappa shape index (κ1) is 19.4. The monoisotopic (exact) mass is 396 g/mol. The number of nitrogens with two attached hydrogens (primary N) is 1. The Hall–Kier alpha value is -2.93. The van der Waals surface area contributed by atoms with Gasteiger partial charge in [-0.15, -0.1) is 0 Å². The Morgan fingerprint density at radius 3 is 2.69 bits per heavy atom. The van der Waals surface area contributed by atoms with Crippen molar-refractivity contribution in [3.63, 3.8) is 0 Å². The van der Waals surface area contributed by atoms with E-state index in [1.165, 1.54) is 12.1 Å². The Bertz CT molecular complexity index is 1020. The predicted octanol–water partition coefficient (Wildman–Crippen LogP) is 3.26. The molecule has 1 fully saturated rings. The van der Waals surface area contributed by atoms with Gasteiger partial charge in [0.2, 0.25) is 0 Å². The van der Waals surface area contributed by atoms with Crippen LogP contribution in [-0.2, 0) is 4.79 Å². The Morgan fingerprint density at radius 2 is 1.97 bits per heavy atom. The zero-order valence-corrected chi connectivity index (χ0v) is 16.6. The van der Waals surface area contributed by atoms with Gasteiger partial charge in [0.05, 0.1) is 11.1 Å². The summed E-state index contributed by atoms with van der Waals surface area (Å²) in [6.45, 7) is 3.68. The van der Waals surface area contributed by atoms with Gasteiger partial charge in [-0.2, -0.15) is 0 Å². The molecule has 7 heteroatoms. The molecular formula is C22H25FN4O2. The fourth-order valence-corrected chi connectivity index (χ4v) is 4.23. The van der Waals surface area contributed by atoms with Crippen LogP contribution in [0.15, 0.2) is 18.2 Å². The van der Waals surface area contributed by atoms with Gasteiger partial charge in [0, 0.05) is 34.7 Å². The van der Waals surface area contributed by atoms with Crippen LogP contribution in [0.4, 0.5) is 10.1 Å². The number of carbonyl (C=O) groups excluding carboxylic acids is 2. The van der Waals surface area contributed by atoms with Crippen molar-refractivity contribution in [2.75, 3.05) is 5.32 Å². The number of fused-ring (bicyclic) bond motifs is 1. The molecule has 0 radical (unpaired) electrons. The van der Waals surface area contributed by atoms with Crippen LogP contribution in [0.2, 0.25) is 0 Å². The number of carbonyl (C=O) groups is 2. The van der Waals surface area contributed by atoms with E-state index in [4.69, 9.17) is 5.73 Å². The van der Waals surface area contributed by atoms with Crippen molar-refractivity contribution >= 4 is 29.2 Å². The molecule has 0 atom stereocenters. The molecule has 1 saturated carbocycles. The van der Waals surface area contributed by atoms with Crippen molar-refractivity contribution in [2.45, 2.75) is 51.6 Å². The number of anilines is 1. The fraction of sp³-hybridized carbons (Fsp3) is 0.364. The van der Waals surface area contributed by atoms with Gasteiger partial charge in [0.1, 0.15) is 5.82 Å². The number of benzene rings is 1. The molecule has 2 amide bonds. The zero-order valence-electron chi connectivity index (χ0n) is 16.6. The summed E-state index contributed by atoms with van der Waals surface area (Å²) in [6, 6.07) is 4.55. The molecule has 6 nitrogen and oxygen atoms in total. The van der Waals surface area contributed by atoms with Crippen molar-refractivity contribution in [1.29, 1.82) is 0 Å². The number of aromatic amines is 1. The minimum Gasteiger partial charge on any atom is -0.358 e. The predicted molar refractivity (Wildman–Crippen MR) is 111 cm³/mol. The maximum Gasteiger partial charge on any atom is 0.256 e. The fourth-order valence-electron chi connectivity index (χ4n) is 4.23. The second-order valence-electron chi connectivity index (χ2n) is 7.95. The van der Waals surface area contributed by atoms with Gasteiger partial charge in [0.15, 0.2) is 0 Å². The summed E-state index contributed by atoms with van der Waals surface area (Å²) in [5, 5.41) is 5.85. The number of rotatable bonds is 3. The van der Waals surface area contributed by atoms with Crippen LogP contribution in [0.5, 0.6) is 0 Å². The molecule has 1 aliphatic heterocycles. The van der Waals surface area contributed by atoms with Crippen LogP contribution >= 0.6 is 0 Å². The third kappa shape index (κ3) is 3.70. The third-order valence-corrected chi connectivity index (χ3v) is 5.86. The molecular weight excluding hydrogens is 371 g/mol. The van der Waals surface area contributed by atoms with E-state index in [2.05, 4.69) is 15.6 Å². The normalized spacial score (nSPS) is 22.5. The topological polar surface area (TPSA) is 100 Å². The third-order valence-electron chi connectivity index (χ3n) is 5.86. The Morgan fingerprint density at radius 1 is 1.24 bits per heavy atom. The van der Waals surface area contributed by atoms with Gasteiger partial charge in [0.25, 0.3) is 11.8 Å². The summed E-state index contributed by atoms with van der Waals surface area (Å²) in [5.74, 6) is -0.816. The highest BCUT2D eigenvalue weighted by molar-refractivity contribution is 6.34. The van der Waals surface area contributed by atoms with Gasteiger partial charge in [-0.05, 0) is 69.4 Å². The number of halogens is 1. The van der Waals surface area contributed by atoms with Crippen LogP contribution in [0.1, 0.15) is 58.6 Å². The molecule has 2 heterocycles. The minimum absolute atomic E-state index is 0.122. The molecule has 5 N–H and O–H groups in total. The van der Waals surface area contributed by atoms with Crippen LogP contribution < -0.4 is 16.4 Å². The SMILES string of the molecule is Cc1[nH]c(/C=C2\C(=O)Nc3ccc(F)cc32)c(C)c1C(=O)NC1CCC(N)CC1. The van der Waals surface area contributed by atoms with E-state index in [-0.39, 0.29) is 23.9 Å². The Balaban J connectivity index is 1.61. The maximum absolute atomic E-state index is 13.7. The Labute approximate surface area is 168 Å². The highest BCUT2D eigenvalue weighted by Crippen LogP contribution is 2.34. The average Bonchev–Trinajstić information content (AvgIpc) is 3.13. The minimum atomic E-state index is -0.405. The molecule has 2 aliphatic rings. The van der Waals surface area contributed by atoms with Crippen molar-refractivity contribution in [1.82, 2.24) is 10.3 Å². The van der Waals surface area contributed by atoms with Crippen molar-refractivity contribution in [3.8, 4) is 0 Å². The lowest BCUT2D eigenvalue weighted by Crippen LogP contribution is -2.40. The van der Waals surface area contributed by atoms with Crippen LogP contribution in [0, 0.1) is 19.7 Å². The average molecular weight is 396 g/mol. The summed E-state index contributed by atoms with van der Waals surface area (Å²) < 4.78 is 13.7. The summed E-state index contributed by atoms with van der Waals surface area (Å²) in [4.78, 5) is 28.4. The smallest absolute Gasteiger partial charge is 0.256 e. The van der Waals surface area contributed by atoms with Gasteiger partial charge >= 0.3 is 0 Å². The van der Waals surface area contributed by atoms with Crippen molar-refractivity contribution in [3.05, 3.63) is 52.1 Å². The first-order chi connectivity index (χ1) is 13.8. The molecule has 0 unspecified atom stereocenters. The summed E-state index contributed by atoms with van der Waals surface area (Å²) >= 11 is 0. The van der Waals surface area contributed by atoms with Crippen LogP contribution in [0.25, 0.3) is 11.6 Å². The zero-order chi connectivity index (χ0) is 20.7. The number of hydrogen-bond acceptors (Lipinski definition) is 3.